The van der Waals surface area contributed by atoms with Crippen molar-refractivity contribution >= 4 is 55.4 Å². The summed E-state index contributed by atoms with van der Waals surface area (Å²) in [6.07, 6.45) is 0.411. The normalized spacial score (nSPS) is 20.0. The molecule has 2 amide bonds. The van der Waals surface area contributed by atoms with E-state index in [1.807, 2.05) is 6.92 Å². The maximum Gasteiger partial charge on any atom is 0.319 e. The fraction of sp³-hybridized carbons (Fsp3) is 0.333. The Morgan fingerprint density at radius 2 is 1.45 bits per heavy atom. The molecule has 0 spiro atoms. The van der Waals surface area contributed by atoms with Crippen molar-refractivity contribution in [3.8, 4) is 0 Å². The Morgan fingerprint density at radius 1 is 0.939 bits per heavy atom. The van der Waals surface area contributed by atoms with Gasteiger partial charge in [-0.05, 0) is 56.7 Å². The summed E-state index contributed by atoms with van der Waals surface area (Å²) >= 11 is 6.65. The van der Waals surface area contributed by atoms with Crippen molar-refractivity contribution in [2.45, 2.75) is 32.8 Å². The summed E-state index contributed by atoms with van der Waals surface area (Å²) in [5, 5.41) is 0. The minimum atomic E-state index is -1.24. The van der Waals surface area contributed by atoms with E-state index in [-0.39, 0.29) is 5.78 Å². The number of hydrazine groups is 1. The fourth-order valence-corrected chi connectivity index (χ4v) is 4.75. The highest BCUT2D eigenvalue weighted by Gasteiger charge is 2.57. The first kappa shape index (κ1) is 25.1. The Bertz CT molecular complexity index is 1070. The first-order valence-corrected chi connectivity index (χ1v) is 12.0. The van der Waals surface area contributed by atoms with Crippen LogP contribution in [0.2, 0.25) is 0 Å². The molecule has 2 aromatic rings. The summed E-state index contributed by atoms with van der Waals surface area (Å²) in [6, 6.07) is 13.5. The zero-order chi connectivity index (χ0) is 24.3. The molecule has 2 aromatic carbocycles. The lowest BCUT2D eigenvalue weighted by Crippen LogP contribution is -2.49. The number of halogens is 2. The molecule has 1 heterocycles. The zero-order valence-corrected chi connectivity index (χ0v) is 21.5. The Morgan fingerprint density at radius 3 is 1.97 bits per heavy atom. The molecule has 1 aliphatic rings. The number of esters is 1. The number of nitrogens with one attached hydrogen (secondary N) is 2. The molecule has 0 radical (unpaired) electrons. The lowest BCUT2D eigenvalue weighted by atomic mass is 9.70. The predicted molar refractivity (Wildman–Crippen MR) is 129 cm³/mol. The van der Waals surface area contributed by atoms with Crippen LogP contribution in [0.25, 0.3) is 0 Å². The van der Waals surface area contributed by atoms with Gasteiger partial charge in [-0.3, -0.25) is 30.0 Å². The summed E-state index contributed by atoms with van der Waals surface area (Å²) in [7, 11) is 0. The van der Waals surface area contributed by atoms with Gasteiger partial charge in [-0.15, -0.1) is 0 Å². The van der Waals surface area contributed by atoms with E-state index in [1.165, 1.54) is 0 Å². The van der Waals surface area contributed by atoms with Crippen LogP contribution in [0.5, 0.6) is 0 Å². The molecule has 1 aliphatic heterocycles. The second kappa shape index (κ2) is 10.2. The molecule has 0 bridgehead atoms. The number of benzene rings is 2. The number of Topliss-reactive ketones (excluding diaryl/α,β-unsaturated/α-hetero) is 1. The van der Waals surface area contributed by atoms with Crippen molar-refractivity contribution in [1.82, 2.24) is 10.9 Å². The van der Waals surface area contributed by atoms with Gasteiger partial charge in [-0.25, -0.2) is 0 Å². The van der Waals surface area contributed by atoms with E-state index in [2.05, 4.69) is 42.7 Å². The van der Waals surface area contributed by atoms with Crippen LogP contribution in [0.1, 0.15) is 47.9 Å². The summed E-state index contributed by atoms with van der Waals surface area (Å²) in [5.74, 6) is -4.73. The van der Waals surface area contributed by atoms with Crippen molar-refractivity contribution < 1.29 is 23.9 Å². The van der Waals surface area contributed by atoms with Crippen LogP contribution in [0, 0.1) is 17.8 Å². The van der Waals surface area contributed by atoms with Crippen molar-refractivity contribution in [3.63, 3.8) is 0 Å². The molecular weight excluding hydrogens is 556 g/mol. The third-order valence-electron chi connectivity index (χ3n) is 5.81. The highest BCUT2D eigenvalue weighted by molar-refractivity contribution is 9.10. The van der Waals surface area contributed by atoms with Gasteiger partial charge in [-0.2, -0.15) is 0 Å². The second-order valence-corrected chi connectivity index (χ2v) is 10.2. The molecule has 9 heteroatoms. The first-order valence-electron chi connectivity index (χ1n) is 10.4. The molecule has 33 heavy (non-hydrogen) atoms. The molecule has 0 saturated carbocycles. The van der Waals surface area contributed by atoms with Gasteiger partial charge in [-0.1, -0.05) is 50.9 Å². The number of amides is 2. The molecule has 3 atom stereocenters. The average molecular weight is 580 g/mol. The highest BCUT2D eigenvalue weighted by Crippen LogP contribution is 2.44. The molecule has 7 nitrogen and oxygen atoms in total. The van der Waals surface area contributed by atoms with Crippen LogP contribution in [0.4, 0.5) is 0 Å². The number of rotatable bonds is 6. The molecule has 0 aliphatic carbocycles. The van der Waals surface area contributed by atoms with Crippen LogP contribution >= 0.6 is 31.9 Å². The number of carbonyl (C=O) groups is 4. The van der Waals surface area contributed by atoms with E-state index in [4.69, 9.17) is 4.74 Å². The summed E-state index contributed by atoms with van der Waals surface area (Å²) in [4.78, 5) is 51.4. The zero-order valence-electron chi connectivity index (χ0n) is 18.4. The summed E-state index contributed by atoms with van der Waals surface area (Å²) in [5.41, 5.74) is 4.45. The van der Waals surface area contributed by atoms with Gasteiger partial charge in [0.2, 0.25) is 0 Å². The number of hydrogen-bond acceptors (Lipinski definition) is 5. The number of ketones is 1. The van der Waals surface area contributed by atoms with Crippen LogP contribution < -0.4 is 10.9 Å². The third-order valence-corrected chi connectivity index (χ3v) is 6.86. The van der Waals surface area contributed by atoms with E-state index in [0.29, 0.717) is 17.5 Å². The monoisotopic (exact) mass is 578 g/mol. The average Bonchev–Trinajstić information content (AvgIpc) is 3.01. The second-order valence-electron chi connectivity index (χ2n) is 8.36. The van der Waals surface area contributed by atoms with Crippen LogP contribution in [-0.2, 0) is 14.3 Å². The van der Waals surface area contributed by atoms with E-state index in [9.17, 15) is 19.2 Å². The maximum atomic E-state index is 13.3. The largest absolute Gasteiger partial charge is 0.459 e. The van der Waals surface area contributed by atoms with E-state index < -0.39 is 41.1 Å². The first-order chi connectivity index (χ1) is 15.5. The summed E-state index contributed by atoms with van der Waals surface area (Å²) in [6.45, 7) is 5.23. The molecular formula is C24H24Br2N2O5. The predicted octanol–water partition coefficient (Wildman–Crippen LogP) is 4.45. The van der Waals surface area contributed by atoms with Gasteiger partial charge >= 0.3 is 5.97 Å². The van der Waals surface area contributed by atoms with Gasteiger partial charge in [0.1, 0.15) is 11.5 Å². The smallest absolute Gasteiger partial charge is 0.319 e. The number of cyclic esters (lactones) is 1. The number of carbonyl (C=O) groups excluding carboxylic acids is 4. The Balaban J connectivity index is 1.81. The highest BCUT2D eigenvalue weighted by atomic mass is 79.9. The quantitative estimate of drug-likeness (QED) is 0.228. The lowest BCUT2D eigenvalue weighted by Gasteiger charge is -2.32. The SMILES string of the molecule is CC[C@@H](C(=O)c1ccc(Br)cc1)[C@H]1[C@H](C(=O)NNC(=O)c2ccc(Br)cc2)C(=O)OC1(C)C. The number of ether oxygens (including phenoxy) is 1. The van der Waals surface area contributed by atoms with Crippen molar-refractivity contribution in [3.05, 3.63) is 68.6 Å². The molecule has 0 aromatic heterocycles. The Labute approximate surface area is 208 Å². The topological polar surface area (TPSA) is 102 Å². The van der Waals surface area contributed by atoms with Crippen molar-refractivity contribution in [2.75, 3.05) is 0 Å². The van der Waals surface area contributed by atoms with Crippen molar-refractivity contribution in [2.24, 2.45) is 17.8 Å². The van der Waals surface area contributed by atoms with E-state index in [1.54, 1.807) is 62.4 Å². The molecule has 174 valence electrons. The molecule has 3 rings (SSSR count). The third kappa shape index (κ3) is 5.52. The molecule has 2 N–H and O–H groups in total. The van der Waals surface area contributed by atoms with Crippen LogP contribution in [0.3, 0.4) is 0 Å². The van der Waals surface area contributed by atoms with Gasteiger partial charge in [0.15, 0.2) is 5.78 Å². The van der Waals surface area contributed by atoms with Gasteiger partial charge in [0.25, 0.3) is 11.8 Å². The molecule has 0 unspecified atom stereocenters. The standard InChI is InChI=1S/C24H24Br2N2O5/c1-4-17(20(29)13-5-9-15(25)10-6-13)19-18(23(32)33-24(19,2)3)22(31)28-27-21(30)14-7-11-16(26)12-8-14/h5-12,17-19H,4H2,1-3H3,(H,27,30)(H,28,31)/t17-,18-,19+/m1/s1. The fourth-order valence-electron chi connectivity index (χ4n) is 4.23. The van der Waals surface area contributed by atoms with E-state index >= 15 is 0 Å². The number of hydrogen-bond donors (Lipinski definition) is 2. The van der Waals surface area contributed by atoms with Crippen LogP contribution in [0.15, 0.2) is 57.5 Å². The Hall–Kier alpha value is -2.52. The minimum absolute atomic E-state index is 0.168. The minimum Gasteiger partial charge on any atom is -0.459 e. The maximum absolute atomic E-state index is 13.3. The van der Waals surface area contributed by atoms with Crippen molar-refractivity contribution in [1.29, 1.82) is 0 Å². The van der Waals surface area contributed by atoms with Crippen LogP contribution in [-0.4, -0.2) is 29.2 Å². The molecule has 1 saturated heterocycles. The van der Waals surface area contributed by atoms with E-state index in [0.717, 1.165) is 8.95 Å². The lowest BCUT2D eigenvalue weighted by molar-refractivity contribution is -0.150. The van der Waals surface area contributed by atoms with Gasteiger partial charge in [0, 0.05) is 31.9 Å². The summed E-state index contributed by atoms with van der Waals surface area (Å²) < 4.78 is 7.16. The Kier molecular flexibility index (Phi) is 7.74. The van der Waals surface area contributed by atoms with Gasteiger partial charge < -0.3 is 4.74 Å². The molecule has 1 fully saturated rings. The van der Waals surface area contributed by atoms with Gasteiger partial charge in [0.05, 0.1) is 0 Å².